The second kappa shape index (κ2) is 6.82. The number of hydrogen-bond acceptors (Lipinski definition) is 3. The molecule has 1 heterocycles. The van der Waals surface area contributed by atoms with Gasteiger partial charge in [0, 0.05) is 29.7 Å². The number of hydrogen-bond donors (Lipinski definition) is 1. The maximum Gasteiger partial charge on any atom is 0.270 e. The van der Waals surface area contributed by atoms with E-state index in [9.17, 15) is 4.79 Å². The molecule has 0 spiro atoms. The van der Waals surface area contributed by atoms with Gasteiger partial charge in [-0.1, -0.05) is 12.1 Å². The zero-order valence-corrected chi connectivity index (χ0v) is 14.6. The molecule has 0 fully saturated rings. The number of rotatable bonds is 4. The summed E-state index contributed by atoms with van der Waals surface area (Å²) in [4.78, 5) is 18.7. The lowest BCUT2D eigenvalue weighted by Gasteiger charge is -2.24. The minimum atomic E-state index is -0.282. The van der Waals surface area contributed by atoms with Crippen molar-refractivity contribution in [1.82, 2.24) is 10.3 Å². The van der Waals surface area contributed by atoms with E-state index < -0.39 is 0 Å². The highest BCUT2D eigenvalue weighted by atomic mass is 16.2. The van der Waals surface area contributed by atoms with E-state index in [-0.39, 0.29) is 11.4 Å². The molecule has 1 amide bonds. The number of anilines is 2. The third-order valence-corrected chi connectivity index (χ3v) is 3.41. The maximum absolute atomic E-state index is 12.3. The lowest BCUT2D eigenvalue weighted by Crippen LogP contribution is -2.41. The van der Waals surface area contributed by atoms with Crippen LogP contribution in [0.5, 0.6) is 0 Å². The van der Waals surface area contributed by atoms with Gasteiger partial charge in [0.25, 0.3) is 5.91 Å². The van der Waals surface area contributed by atoms with Gasteiger partial charge in [0.05, 0.1) is 0 Å². The van der Waals surface area contributed by atoms with Crippen molar-refractivity contribution in [2.24, 2.45) is 0 Å². The Hall–Kier alpha value is -2.36. The molecule has 23 heavy (non-hydrogen) atoms. The van der Waals surface area contributed by atoms with E-state index in [1.165, 1.54) is 5.56 Å². The molecule has 0 unspecified atom stereocenters. The molecule has 0 aliphatic carbocycles. The summed E-state index contributed by atoms with van der Waals surface area (Å²) in [5, 5.41) is 2.95. The second-order valence-electron chi connectivity index (χ2n) is 6.69. The average Bonchev–Trinajstić information content (AvgIpc) is 2.47. The molecule has 4 heteroatoms. The third kappa shape index (κ3) is 4.55. The fourth-order valence-electron chi connectivity index (χ4n) is 2.43. The van der Waals surface area contributed by atoms with Crippen molar-refractivity contribution < 1.29 is 4.79 Å². The Morgan fingerprint density at radius 1 is 1.17 bits per heavy atom. The Balaban J connectivity index is 2.32. The van der Waals surface area contributed by atoms with E-state index in [2.05, 4.69) is 47.2 Å². The molecule has 0 saturated carbocycles. The molecule has 1 aromatic carbocycles. The van der Waals surface area contributed by atoms with Crippen LogP contribution in [0.4, 0.5) is 11.4 Å². The molecule has 1 N–H and O–H groups in total. The van der Waals surface area contributed by atoms with E-state index in [4.69, 9.17) is 0 Å². The second-order valence-corrected chi connectivity index (χ2v) is 6.69. The summed E-state index contributed by atoms with van der Waals surface area (Å²) in [5.41, 5.74) is 3.44. The van der Waals surface area contributed by atoms with Crippen LogP contribution in [0.1, 0.15) is 43.7 Å². The van der Waals surface area contributed by atoms with Gasteiger partial charge < -0.3 is 10.2 Å². The van der Waals surface area contributed by atoms with Crippen LogP contribution in [-0.4, -0.2) is 23.0 Å². The summed E-state index contributed by atoms with van der Waals surface area (Å²) in [7, 11) is 0. The first kappa shape index (κ1) is 17.0. The molecule has 122 valence electrons. The topological polar surface area (TPSA) is 45.2 Å². The van der Waals surface area contributed by atoms with E-state index in [1.54, 1.807) is 6.20 Å². The molecule has 4 nitrogen and oxygen atoms in total. The van der Waals surface area contributed by atoms with Crippen molar-refractivity contribution >= 4 is 17.3 Å². The Morgan fingerprint density at radius 2 is 1.87 bits per heavy atom. The van der Waals surface area contributed by atoms with Crippen molar-refractivity contribution in [2.45, 2.75) is 40.2 Å². The van der Waals surface area contributed by atoms with E-state index in [0.717, 1.165) is 17.9 Å². The highest BCUT2D eigenvalue weighted by Crippen LogP contribution is 2.26. The minimum Gasteiger partial charge on any atom is -0.346 e. The van der Waals surface area contributed by atoms with Gasteiger partial charge >= 0.3 is 0 Å². The SMILES string of the molecule is CCN(c1cccc(C)c1)c1ccnc(C(=O)NC(C)(C)C)c1. The summed E-state index contributed by atoms with van der Waals surface area (Å²) < 4.78 is 0. The van der Waals surface area contributed by atoms with Crippen molar-refractivity contribution in [3.05, 3.63) is 53.9 Å². The molecule has 0 aliphatic rings. The summed E-state index contributed by atoms with van der Waals surface area (Å²) >= 11 is 0. The largest absolute Gasteiger partial charge is 0.346 e. The lowest BCUT2D eigenvalue weighted by molar-refractivity contribution is 0.0914. The normalized spacial score (nSPS) is 11.2. The van der Waals surface area contributed by atoms with Gasteiger partial charge in [-0.25, -0.2) is 0 Å². The summed E-state index contributed by atoms with van der Waals surface area (Å²) in [6.07, 6.45) is 1.69. The number of nitrogens with one attached hydrogen (secondary N) is 1. The fourth-order valence-corrected chi connectivity index (χ4v) is 2.43. The fraction of sp³-hybridized carbons (Fsp3) is 0.368. The van der Waals surface area contributed by atoms with Crippen LogP contribution in [0.25, 0.3) is 0 Å². The molecule has 0 saturated heterocycles. The number of aromatic nitrogens is 1. The first-order valence-corrected chi connectivity index (χ1v) is 7.93. The van der Waals surface area contributed by atoms with E-state index >= 15 is 0 Å². The number of aryl methyl sites for hydroxylation is 1. The van der Waals surface area contributed by atoms with Gasteiger partial charge in [-0.2, -0.15) is 0 Å². The van der Waals surface area contributed by atoms with Gasteiger partial charge in [0.1, 0.15) is 5.69 Å². The number of carbonyl (C=O) groups excluding carboxylic acids is 1. The first-order valence-electron chi connectivity index (χ1n) is 7.93. The van der Waals surface area contributed by atoms with Crippen molar-refractivity contribution in [1.29, 1.82) is 0 Å². The predicted molar refractivity (Wildman–Crippen MR) is 95.3 cm³/mol. The molecule has 2 aromatic rings. The molecule has 2 rings (SSSR count). The number of nitrogens with zero attached hydrogens (tertiary/aromatic N) is 2. The number of carbonyl (C=O) groups is 1. The van der Waals surface area contributed by atoms with Crippen LogP contribution in [0.3, 0.4) is 0 Å². The Morgan fingerprint density at radius 3 is 2.48 bits per heavy atom. The molecule has 0 aliphatic heterocycles. The van der Waals surface area contributed by atoms with Crippen LogP contribution in [0, 0.1) is 6.92 Å². The zero-order chi connectivity index (χ0) is 17.0. The van der Waals surface area contributed by atoms with Crippen LogP contribution in [0.2, 0.25) is 0 Å². The van der Waals surface area contributed by atoms with Gasteiger partial charge in [-0.05, 0) is 64.4 Å². The smallest absolute Gasteiger partial charge is 0.270 e. The Bertz CT molecular complexity index is 689. The number of amides is 1. The lowest BCUT2D eigenvalue weighted by atomic mass is 10.1. The minimum absolute atomic E-state index is 0.153. The van der Waals surface area contributed by atoms with E-state index in [1.807, 2.05) is 39.0 Å². The van der Waals surface area contributed by atoms with Crippen molar-refractivity contribution in [3.63, 3.8) is 0 Å². The monoisotopic (exact) mass is 311 g/mol. The summed E-state index contributed by atoms with van der Waals surface area (Å²) in [6, 6.07) is 12.1. The maximum atomic E-state index is 12.3. The summed E-state index contributed by atoms with van der Waals surface area (Å²) in [5.74, 6) is -0.153. The highest BCUT2D eigenvalue weighted by molar-refractivity contribution is 5.93. The molecular formula is C19H25N3O. The van der Waals surface area contributed by atoms with Crippen LogP contribution >= 0.6 is 0 Å². The van der Waals surface area contributed by atoms with Gasteiger partial charge in [0.2, 0.25) is 0 Å². The molecule has 0 atom stereocenters. The summed E-state index contributed by atoms with van der Waals surface area (Å²) in [6.45, 7) is 10.9. The average molecular weight is 311 g/mol. The van der Waals surface area contributed by atoms with Crippen molar-refractivity contribution in [3.8, 4) is 0 Å². The third-order valence-electron chi connectivity index (χ3n) is 3.41. The van der Waals surface area contributed by atoms with Crippen molar-refractivity contribution in [2.75, 3.05) is 11.4 Å². The molecule has 0 bridgehead atoms. The molecule has 0 radical (unpaired) electrons. The van der Waals surface area contributed by atoms with Crippen LogP contribution in [0.15, 0.2) is 42.6 Å². The predicted octanol–water partition coefficient (Wildman–Crippen LogP) is 4.08. The van der Waals surface area contributed by atoms with Gasteiger partial charge in [0.15, 0.2) is 0 Å². The number of benzene rings is 1. The van der Waals surface area contributed by atoms with Gasteiger partial charge in [-0.3, -0.25) is 9.78 Å². The van der Waals surface area contributed by atoms with Crippen LogP contribution < -0.4 is 10.2 Å². The van der Waals surface area contributed by atoms with Gasteiger partial charge in [-0.15, -0.1) is 0 Å². The standard InChI is InChI=1S/C19H25N3O/c1-6-22(15-9-7-8-14(2)12-15)16-10-11-20-17(13-16)18(23)21-19(3,4)5/h7-13H,6H2,1-5H3,(H,21,23). The first-order chi connectivity index (χ1) is 10.8. The zero-order valence-electron chi connectivity index (χ0n) is 14.6. The number of pyridine rings is 1. The molecule has 1 aromatic heterocycles. The van der Waals surface area contributed by atoms with Crippen LogP contribution in [-0.2, 0) is 0 Å². The molecular weight excluding hydrogens is 286 g/mol. The highest BCUT2D eigenvalue weighted by Gasteiger charge is 2.17. The van der Waals surface area contributed by atoms with E-state index in [0.29, 0.717) is 5.69 Å². The Labute approximate surface area is 138 Å². The Kier molecular flexibility index (Phi) is 5.04. The quantitative estimate of drug-likeness (QED) is 0.925.